The fourth-order valence-corrected chi connectivity index (χ4v) is 4.27. The van der Waals surface area contributed by atoms with E-state index in [2.05, 4.69) is 24.2 Å². The SMILES string of the molecule is CCC(=C(c1ccc(C=CC(=O)O)cc1)c1ccc2nccn2c1)c1ccc(Cl)cc1Cl. The molecule has 0 spiro atoms. The van der Waals surface area contributed by atoms with Gasteiger partial charge in [0.1, 0.15) is 5.65 Å². The van der Waals surface area contributed by atoms with Crippen molar-refractivity contribution in [2.75, 3.05) is 0 Å². The third-order valence-corrected chi connectivity index (χ3v) is 5.75. The van der Waals surface area contributed by atoms with E-state index in [1.54, 1.807) is 18.3 Å². The number of halogens is 2. The van der Waals surface area contributed by atoms with E-state index in [0.29, 0.717) is 10.0 Å². The molecule has 0 aliphatic carbocycles. The zero-order valence-corrected chi connectivity index (χ0v) is 18.8. The zero-order chi connectivity index (χ0) is 22.7. The Morgan fingerprint density at radius 3 is 2.50 bits per heavy atom. The maximum Gasteiger partial charge on any atom is 0.328 e. The molecule has 0 radical (unpaired) electrons. The quantitative estimate of drug-likeness (QED) is 0.245. The summed E-state index contributed by atoms with van der Waals surface area (Å²) in [5.74, 6) is -0.978. The van der Waals surface area contributed by atoms with Crippen molar-refractivity contribution in [1.82, 2.24) is 9.38 Å². The molecule has 2 aromatic heterocycles. The van der Waals surface area contributed by atoms with Crippen LogP contribution in [0.4, 0.5) is 0 Å². The predicted molar refractivity (Wildman–Crippen MR) is 131 cm³/mol. The van der Waals surface area contributed by atoms with Crippen LogP contribution in [0.3, 0.4) is 0 Å². The lowest BCUT2D eigenvalue weighted by Gasteiger charge is -2.18. The van der Waals surface area contributed by atoms with E-state index in [1.807, 2.05) is 53.1 Å². The summed E-state index contributed by atoms with van der Waals surface area (Å²) in [5, 5.41) is 10.1. The Balaban J connectivity index is 1.93. The van der Waals surface area contributed by atoms with E-state index in [1.165, 1.54) is 0 Å². The maximum atomic E-state index is 10.8. The summed E-state index contributed by atoms with van der Waals surface area (Å²) in [7, 11) is 0. The molecule has 32 heavy (non-hydrogen) atoms. The van der Waals surface area contributed by atoms with Crippen molar-refractivity contribution in [1.29, 1.82) is 0 Å². The molecular weight excluding hydrogens is 443 g/mol. The van der Waals surface area contributed by atoms with Crippen LogP contribution in [0.15, 0.2) is 79.3 Å². The van der Waals surface area contributed by atoms with E-state index in [-0.39, 0.29) is 0 Å². The zero-order valence-electron chi connectivity index (χ0n) is 17.3. The van der Waals surface area contributed by atoms with Gasteiger partial charge in [0.2, 0.25) is 0 Å². The van der Waals surface area contributed by atoms with Gasteiger partial charge in [-0.3, -0.25) is 0 Å². The molecule has 0 unspecified atom stereocenters. The van der Waals surface area contributed by atoms with Crippen molar-refractivity contribution in [2.24, 2.45) is 0 Å². The fourth-order valence-electron chi connectivity index (χ4n) is 3.75. The number of carboxylic acids is 1. The average molecular weight is 463 g/mol. The molecule has 2 heterocycles. The molecule has 0 saturated carbocycles. The molecule has 0 amide bonds. The third-order valence-electron chi connectivity index (χ3n) is 5.21. The van der Waals surface area contributed by atoms with Crippen LogP contribution in [0.5, 0.6) is 0 Å². The van der Waals surface area contributed by atoms with E-state index >= 15 is 0 Å². The molecular formula is C26H20Cl2N2O2. The number of aliphatic carboxylic acids is 1. The summed E-state index contributed by atoms with van der Waals surface area (Å²) in [4.78, 5) is 15.2. The highest BCUT2D eigenvalue weighted by molar-refractivity contribution is 6.36. The molecule has 0 atom stereocenters. The molecule has 160 valence electrons. The number of hydrogen-bond acceptors (Lipinski definition) is 2. The summed E-state index contributed by atoms with van der Waals surface area (Å²) < 4.78 is 1.98. The second kappa shape index (κ2) is 9.43. The summed E-state index contributed by atoms with van der Waals surface area (Å²) in [5.41, 5.74) is 6.75. The van der Waals surface area contributed by atoms with Gasteiger partial charge in [0.25, 0.3) is 0 Å². The summed E-state index contributed by atoms with van der Waals surface area (Å²) in [6.45, 7) is 2.10. The first-order valence-corrected chi connectivity index (χ1v) is 10.8. The number of hydrogen-bond donors (Lipinski definition) is 1. The van der Waals surface area contributed by atoms with E-state index < -0.39 is 5.97 Å². The van der Waals surface area contributed by atoms with Crippen molar-refractivity contribution in [3.8, 4) is 0 Å². The molecule has 6 heteroatoms. The van der Waals surface area contributed by atoms with Crippen LogP contribution in [0.2, 0.25) is 10.0 Å². The number of carboxylic acid groups (broad SMARTS) is 1. The molecule has 0 bridgehead atoms. The minimum atomic E-state index is -0.978. The van der Waals surface area contributed by atoms with Gasteiger partial charge in [-0.05, 0) is 70.2 Å². The number of fused-ring (bicyclic) bond motifs is 1. The Morgan fingerprint density at radius 2 is 1.81 bits per heavy atom. The van der Waals surface area contributed by atoms with Gasteiger partial charge in [-0.25, -0.2) is 9.78 Å². The molecule has 2 aromatic carbocycles. The average Bonchev–Trinajstić information content (AvgIpc) is 3.25. The highest BCUT2D eigenvalue weighted by Gasteiger charge is 2.16. The van der Waals surface area contributed by atoms with Crippen LogP contribution >= 0.6 is 23.2 Å². The Hall–Kier alpha value is -3.34. The molecule has 0 saturated heterocycles. The van der Waals surface area contributed by atoms with Gasteiger partial charge >= 0.3 is 5.97 Å². The first-order chi connectivity index (χ1) is 15.5. The van der Waals surface area contributed by atoms with Gasteiger partial charge in [0.15, 0.2) is 0 Å². The van der Waals surface area contributed by atoms with Crippen LogP contribution in [0.25, 0.3) is 22.9 Å². The second-order valence-corrected chi connectivity index (χ2v) is 8.08. The third kappa shape index (κ3) is 4.62. The highest BCUT2D eigenvalue weighted by atomic mass is 35.5. The van der Waals surface area contributed by atoms with Gasteiger partial charge in [-0.1, -0.05) is 60.5 Å². The fraction of sp³-hybridized carbons (Fsp3) is 0.0769. The number of pyridine rings is 1. The molecule has 0 aliphatic rings. The Morgan fingerprint density at radius 1 is 1.06 bits per heavy atom. The maximum absolute atomic E-state index is 10.8. The van der Waals surface area contributed by atoms with E-state index in [9.17, 15) is 4.79 Å². The van der Waals surface area contributed by atoms with Crippen LogP contribution in [0, 0.1) is 0 Å². The monoisotopic (exact) mass is 462 g/mol. The number of aromatic nitrogens is 2. The number of allylic oxidation sites excluding steroid dienone is 1. The van der Waals surface area contributed by atoms with Gasteiger partial charge in [0.05, 0.1) is 0 Å². The minimum Gasteiger partial charge on any atom is -0.478 e. The number of nitrogens with zero attached hydrogens (tertiary/aromatic N) is 2. The van der Waals surface area contributed by atoms with E-state index in [0.717, 1.165) is 51.5 Å². The lowest BCUT2D eigenvalue weighted by Crippen LogP contribution is -1.98. The van der Waals surface area contributed by atoms with Crippen LogP contribution in [-0.2, 0) is 4.79 Å². The largest absolute Gasteiger partial charge is 0.478 e. The van der Waals surface area contributed by atoms with E-state index in [4.69, 9.17) is 28.3 Å². The number of imidazole rings is 1. The number of carbonyl (C=O) groups is 1. The van der Waals surface area contributed by atoms with Crippen molar-refractivity contribution in [3.05, 3.63) is 112 Å². The van der Waals surface area contributed by atoms with Crippen molar-refractivity contribution >= 4 is 52.0 Å². The lowest BCUT2D eigenvalue weighted by molar-refractivity contribution is -0.131. The first kappa shape index (κ1) is 21.9. The van der Waals surface area contributed by atoms with Gasteiger partial charge < -0.3 is 9.51 Å². The van der Waals surface area contributed by atoms with Crippen LogP contribution in [0.1, 0.15) is 35.6 Å². The minimum absolute atomic E-state index is 0.588. The van der Waals surface area contributed by atoms with Crippen LogP contribution in [-0.4, -0.2) is 20.5 Å². The summed E-state index contributed by atoms with van der Waals surface area (Å²) in [6.07, 6.45) is 9.18. The van der Waals surface area contributed by atoms with Crippen molar-refractivity contribution < 1.29 is 9.90 Å². The van der Waals surface area contributed by atoms with Crippen molar-refractivity contribution in [3.63, 3.8) is 0 Å². The smallest absolute Gasteiger partial charge is 0.328 e. The highest BCUT2D eigenvalue weighted by Crippen LogP contribution is 2.38. The van der Waals surface area contributed by atoms with Crippen LogP contribution < -0.4 is 0 Å². The van der Waals surface area contributed by atoms with Gasteiger partial charge in [-0.2, -0.15) is 0 Å². The predicted octanol–water partition coefficient (Wildman–Crippen LogP) is 7.11. The Labute approximate surface area is 196 Å². The van der Waals surface area contributed by atoms with Gasteiger partial charge in [-0.15, -0.1) is 0 Å². The Bertz CT molecular complexity index is 1350. The molecule has 1 N–H and O–H groups in total. The molecule has 4 nitrogen and oxygen atoms in total. The Kier molecular flexibility index (Phi) is 6.45. The second-order valence-electron chi connectivity index (χ2n) is 7.24. The summed E-state index contributed by atoms with van der Waals surface area (Å²) in [6, 6.07) is 17.4. The normalized spacial score (nSPS) is 12.3. The molecule has 4 rings (SSSR count). The lowest BCUT2D eigenvalue weighted by atomic mass is 9.88. The molecule has 4 aromatic rings. The molecule has 0 aliphatic heterocycles. The molecule has 0 fully saturated rings. The van der Waals surface area contributed by atoms with Gasteiger partial charge in [0, 0.05) is 34.7 Å². The number of benzene rings is 2. The summed E-state index contributed by atoms with van der Waals surface area (Å²) >= 11 is 12.7. The topological polar surface area (TPSA) is 54.6 Å². The first-order valence-electron chi connectivity index (χ1n) is 10.1. The standard InChI is InChI=1S/C26H20Cl2N2O2/c1-2-21(22-10-9-20(27)15-23(22)28)26(19-8-11-24-29-13-14-30(24)16-19)18-6-3-17(4-7-18)5-12-25(31)32/h3-16H,2H2,1H3,(H,31,32). The number of rotatable bonds is 6. The van der Waals surface area contributed by atoms with Crippen molar-refractivity contribution in [2.45, 2.75) is 13.3 Å².